The topological polar surface area (TPSA) is 86.3 Å². The molecule has 0 saturated carbocycles. The average Bonchev–Trinajstić information content (AvgIpc) is 2.72. The number of carbonyl (C=O) groups excluding carboxylic acids is 1. The Bertz CT molecular complexity index is 786. The first-order valence-corrected chi connectivity index (χ1v) is 9.26. The van der Waals surface area contributed by atoms with E-state index in [1.54, 1.807) is 12.1 Å². The molecule has 0 spiro atoms. The number of rotatable bonds is 4. The number of amides is 1. The molecule has 1 amide bonds. The molecule has 0 aromatic heterocycles. The number of nitrogens with one attached hydrogen (secondary N) is 1. The van der Waals surface area contributed by atoms with E-state index in [1.165, 1.54) is 6.92 Å². The minimum Gasteiger partial charge on any atom is -0.463 e. The van der Waals surface area contributed by atoms with Crippen molar-refractivity contribution in [2.45, 2.75) is 43.9 Å². The van der Waals surface area contributed by atoms with Crippen molar-refractivity contribution in [1.82, 2.24) is 5.32 Å². The summed E-state index contributed by atoms with van der Waals surface area (Å²) in [5.41, 5.74) is 0.854. The van der Waals surface area contributed by atoms with Gasteiger partial charge in [-0.05, 0) is 12.1 Å². The van der Waals surface area contributed by atoms with Crippen LogP contribution in [0.4, 0.5) is 0 Å². The number of ether oxygens (including phenoxy) is 4. The second-order valence-corrected chi connectivity index (χ2v) is 6.87. The zero-order chi connectivity index (χ0) is 19.5. The van der Waals surface area contributed by atoms with Crippen LogP contribution in [0.15, 0.2) is 60.7 Å². The van der Waals surface area contributed by atoms with Gasteiger partial charge in [0.1, 0.15) is 30.1 Å². The number of aliphatic hydroxyl groups excluding tert-OH is 1. The molecule has 2 aromatic carbocycles. The normalized spacial score (nSPS) is 32.2. The fraction of sp³-hybridized carbons (Fsp3) is 0.381. The SMILES string of the molecule is CC(=O)N[C@@H]1[C@@H](Oc2ccccc2)O[C@@H]2CO[C@H](c3ccccc3)O[C@@H]2[C@H]1O. The summed E-state index contributed by atoms with van der Waals surface area (Å²) < 4.78 is 23.7. The van der Waals surface area contributed by atoms with Gasteiger partial charge in [0.2, 0.25) is 12.2 Å². The van der Waals surface area contributed by atoms with Gasteiger partial charge in [0.15, 0.2) is 6.29 Å². The summed E-state index contributed by atoms with van der Waals surface area (Å²) in [5.74, 6) is 0.285. The van der Waals surface area contributed by atoms with Crippen molar-refractivity contribution in [3.05, 3.63) is 66.2 Å². The molecule has 28 heavy (non-hydrogen) atoms. The Morgan fingerprint density at radius 1 is 1.07 bits per heavy atom. The van der Waals surface area contributed by atoms with Crippen LogP contribution in [0.25, 0.3) is 0 Å². The van der Waals surface area contributed by atoms with Gasteiger partial charge in [0, 0.05) is 12.5 Å². The summed E-state index contributed by atoms with van der Waals surface area (Å²) in [7, 11) is 0. The lowest BCUT2D eigenvalue weighted by atomic mass is 9.95. The zero-order valence-corrected chi connectivity index (χ0v) is 15.4. The number of aliphatic hydroxyl groups is 1. The van der Waals surface area contributed by atoms with E-state index >= 15 is 0 Å². The Morgan fingerprint density at radius 3 is 2.43 bits per heavy atom. The van der Waals surface area contributed by atoms with E-state index in [-0.39, 0.29) is 12.5 Å². The van der Waals surface area contributed by atoms with Gasteiger partial charge < -0.3 is 29.4 Å². The molecule has 148 valence electrons. The highest BCUT2D eigenvalue weighted by Crippen LogP contribution is 2.34. The molecule has 0 aliphatic carbocycles. The highest BCUT2D eigenvalue weighted by Gasteiger charge is 2.50. The Hall–Kier alpha value is -2.45. The standard InChI is InChI=1S/C21H23NO6/c1-13(23)22-17-18(24)19-16(27-21(17)26-15-10-6-3-7-11-15)12-25-20(28-19)14-8-4-2-5-9-14/h2-11,16-21,24H,12H2,1H3,(H,22,23)/t16-,17+,18+,19+,20+,21+/m1/s1. The Labute approximate surface area is 163 Å². The molecule has 7 heteroatoms. The Morgan fingerprint density at radius 2 is 1.75 bits per heavy atom. The number of benzene rings is 2. The first-order valence-electron chi connectivity index (χ1n) is 9.26. The summed E-state index contributed by atoms with van der Waals surface area (Å²) in [6.07, 6.45) is -3.68. The highest BCUT2D eigenvalue weighted by atomic mass is 16.7. The first-order chi connectivity index (χ1) is 13.6. The second kappa shape index (κ2) is 8.28. The van der Waals surface area contributed by atoms with Crippen molar-refractivity contribution < 1.29 is 28.8 Å². The molecular formula is C21H23NO6. The van der Waals surface area contributed by atoms with Crippen molar-refractivity contribution in [2.24, 2.45) is 0 Å². The predicted molar refractivity (Wildman–Crippen MR) is 99.4 cm³/mol. The van der Waals surface area contributed by atoms with Gasteiger partial charge in [0.05, 0.1) is 6.61 Å². The average molecular weight is 385 g/mol. The maximum atomic E-state index is 11.7. The lowest BCUT2D eigenvalue weighted by Gasteiger charge is -2.47. The lowest BCUT2D eigenvalue weighted by molar-refractivity contribution is -0.333. The molecule has 0 radical (unpaired) electrons. The summed E-state index contributed by atoms with van der Waals surface area (Å²) in [6, 6.07) is 17.8. The summed E-state index contributed by atoms with van der Waals surface area (Å²) in [5, 5.41) is 13.7. The summed E-state index contributed by atoms with van der Waals surface area (Å²) in [6.45, 7) is 1.62. The van der Waals surface area contributed by atoms with E-state index in [2.05, 4.69) is 5.32 Å². The number of para-hydroxylation sites is 1. The molecule has 2 heterocycles. The molecule has 0 bridgehead atoms. The number of hydrogen-bond donors (Lipinski definition) is 2. The van der Waals surface area contributed by atoms with Crippen LogP contribution in [-0.2, 0) is 19.0 Å². The number of carbonyl (C=O) groups is 1. The van der Waals surface area contributed by atoms with E-state index < -0.39 is 36.9 Å². The molecule has 6 atom stereocenters. The quantitative estimate of drug-likeness (QED) is 0.834. The van der Waals surface area contributed by atoms with Crippen LogP contribution >= 0.6 is 0 Å². The van der Waals surface area contributed by atoms with Crippen molar-refractivity contribution in [3.63, 3.8) is 0 Å². The van der Waals surface area contributed by atoms with Crippen LogP contribution in [0.2, 0.25) is 0 Å². The highest BCUT2D eigenvalue weighted by molar-refractivity contribution is 5.73. The van der Waals surface area contributed by atoms with E-state index in [0.29, 0.717) is 5.75 Å². The molecule has 0 unspecified atom stereocenters. The predicted octanol–water partition coefficient (Wildman–Crippen LogP) is 1.77. The van der Waals surface area contributed by atoms with Crippen molar-refractivity contribution in [2.75, 3.05) is 6.61 Å². The fourth-order valence-electron chi connectivity index (χ4n) is 3.49. The minimum absolute atomic E-state index is 0.239. The monoisotopic (exact) mass is 385 g/mol. The molecule has 2 aromatic rings. The van der Waals surface area contributed by atoms with E-state index in [0.717, 1.165) is 5.56 Å². The van der Waals surface area contributed by atoms with Gasteiger partial charge in [-0.3, -0.25) is 4.79 Å². The van der Waals surface area contributed by atoms with E-state index in [4.69, 9.17) is 18.9 Å². The van der Waals surface area contributed by atoms with Crippen LogP contribution < -0.4 is 10.1 Å². The van der Waals surface area contributed by atoms with Crippen molar-refractivity contribution in [1.29, 1.82) is 0 Å². The van der Waals surface area contributed by atoms with Crippen LogP contribution in [0.5, 0.6) is 5.75 Å². The fourth-order valence-corrected chi connectivity index (χ4v) is 3.49. The van der Waals surface area contributed by atoms with Gasteiger partial charge in [-0.2, -0.15) is 0 Å². The Kier molecular flexibility index (Phi) is 5.59. The van der Waals surface area contributed by atoms with Gasteiger partial charge in [-0.15, -0.1) is 0 Å². The molecule has 2 N–H and O–H groups in total. The summed E-state index contributed by atoms with van der Waals surface area (Å²) in [4.78, 5) is 11.7. The Balaban J connectivity index is 1.53. The van der Waals surface area contributed by atoms with Gasteiger partial charge in [-0.1, -0.05) is 48.5 Å². The van der Waals surface area contributed by atoms with Gasteiger partial charge in [0.25, 0.3) is 0 Å². The molecule has 2 fully saturated rings. The van der Waals surface area contributed by atoms with Crippen molar-refractivity contribution >= 4 is 5.91 Å². The first kappa shape index (κ1) is 18.9. The smallest absolute Gasteiger partial charge is 0.223 e. The second-order valence-electron chi connectivity index (χ2n) is 6.87. The van der Waals surface area contributed by atoms with Gasteiger partial charge >= 0.3 is 0 Å². The minimum atomic E-state index is -1.02. The molecule has 4 rings (SSSR count). The van der Waals surface area contributed by atoms with E-state index in [9.17, 15) is 9.90 Å². The van der Waals surface area contributed by atoms with Gasteiger partial charge in [-0.25, -0.2) is 0 Å². The molecule has 2 saturated heterocycles. The lowest BCUT2D eigenvalue weighted by Crippen LogP contribution is -2.67. The van der Waals surface area contributed by atoms with Crippen LogP contribution in [0, 0.1) is 0 Å². The van der Waals surface area contributed by atoms with Crippen LogP contribution in [-0.4, -0.2) is 48.3 Å². The molecule has 7 nitrogen and oxygen atoms in total. The largest absolute Gasteiger partial charge is 0.463 e. The number of hydrogen-bond acceptors (Lipinski definition) is 6. The molecular weight excluding hydrogens is 362 g/mol. The molecule has 2 aliphatic heterocycles. The zero-order valence-electron chi connectivity index (χ0n) is 15.4. The number of fused-ring (bicyclic) bond motifs is 1. The third-order valence-electron chi connectivity index (χ3n) is 4.80. The van der Waals surface area contributed by atoms with Crippen molar-refractivity contribution in [3.8, 4) is 5.75 Å². The van der Waals surface area contributed by atoms with E-state index in [1.807, 2.05) is 48.5 Å². The summed E-state index contributed by atoms with van der Waals surface area (Å²) >= 11 is 0. The molecule has 2 aliphatic rings. The van der Waals surface area contributed by atoms with Crippen LogP contribution in [0.3, 0.4) is 0 Å². The van der Waals surface area contributed by atoms with Crippen LogP contribution in [0.1, 0.15) is 18.8 Å². The third kappa shape index (κ3) is 4.02. The maximum absolute atomic E-state index is 11.7. The third-order valence-corrected chi connectivity index (χ3v) is 4.80. The maximum Gasteiger partial charge on any atom is 0.223 e.